The zero-order valence-electron chi connectivity index (χ0n) is 26.6. The van der Waals surface area contributed by atoms with E-state index in [9.17, 15) is 22.8 Å². The van der Waals surface area contributed by atoms with Crippen molar-refractivity contribution < 1.29 is 37.0 Å². The van der Waals surface area contributed by atoms with Crippen LogP contribution in [0.2, 0.25) is 0 Å². The number of fused-ring (bicyclic) bond motifs is 1. The molecular weight excluding hydrogens is 631 g/mol. The molecule has 2 aliphatic rings. The Morgan fingerprint density at radius 1 is 0.917 bits per heavy atom. The number of benzene rings is 2. The largest absolute Gasteiger partial charge is 0.496 e. The van der Waals surface area contributed by atoms with Crippen molar-refractivity contribution in [2.45, 2.75) is 25.1 Å². The van der Waals surface area contributed by atoms with Gasteiger partial charge in [-0.2, -0.15) is 13.2 Å². The second-order valence-corrected chi connectivity index (χ2v) is 11.6. The number of methoxy groups -OCH3 is 2. The fraction of sp³-hybridized carbons (Fsp3) is 0.394. The van der Waals surface area contributed by atoms with Gasteiger partial charge in [0.05, 0.1) is 43.9 Å². The number of rotatable bonds is 9. The lowest BCUT2D eigenvalue weighted by atomic mass is 10.0. The van der Waals surface area contributed by atoms with Crippen molar-refractivity contribution in [2.75, 3.05) is 70.2 Å². The summed E-state index contributed by atoms with van der Waals surface area (Å²) in [6, 6.07) is 18.1. The van der Waals surface area contributed by atoms with E-state index < -0.39 is 18.1 Å². The maximum Gasteiger partial charge on any atom is 0.491 e. The van der Waals surface area contributed by atoms with E-state index in [0.29, 0.717) is 43.9 Å². The second kappa shape index (κ2) is 14.1. The second-order valence-electron chi connectivity index (χ2n) is 11.6. The first-order valence-electron chi connectivity index (χ1n) is 15.6. The van der Waals surface area contributed by atoms with E-state index in [4.69, 9.17) is 14.6 Å². The van der Waals surface area contributed by atoms with Crippen LogP contribution in [0.25, 0.3) is 16.8 Å². The molecule has 0 spiro atoms. The topological polar surface area (TPSA) is 114 Å². The van der Waals surface area contributed by atoms with Crippen molar-refractivity contribution in [3.8, 4) is 22.8 Å². The van der Waals surface area contributed by atoms with Gasteiger partial charge < -0.3 is 24.4 Å². The van der Waals surface area contributed by atoms with Crippen LogP contribution in [0.4, 0.5) is 30.5 Å². The Kier molecular flexibility index (Phi) is 9.68. The number of alkyl halides is 3. The highest BCUT2D eigenvalue weighted by molar-refractivity contribution is 5.89. The van der Waals surface area contributed by atoms with Crippen molar-refractivity contribution in [3.63, 3.8) is 0 Å². The van der Waals surface area contributed by atoms with Crippen LogP contribution in [-0.4, -0.2) is 109 Å². The van der Waals surface area contributed by atoms with Gasteiger partial charge in [0.15, 0.2) is 0 Å². The lowest BCUT2D eigenvalue weighted by Crippen LogP contribution is -2.54. The van der Waals surface area contributed by atoms with Gasteiger partial charge in [0.2, 0.25) is 5.95 Å². The average molecular weight is 668 g/mol. The van der Waals surface area contributed by atoms with Crippen molar-refractivity contribution in [2.24, 2.45) is 0 Å². The first-order valence-corrected chi connectivity index (χ1v) is 15.6. The Hall–Kier alpha value is -4.89. The Morgan fingerprint density at radius 2 is 1.65 bits per heavy atom. The van der Waals surface area contributed by atoms with Gasteiger partial charge in [-0.3, -0.25) is 14.6 Å². The first kappa shape index (κ1) is 33.0. The molecule has 12 nitrogen and oxygen atoms in total. The number of para-hydroxylation sites is 1. The standard InChI is InChI=1S/C33H36F3N7O5/c1-46-28-6-4-3-5-25(28)27-10-8-24-20-37-32(39-43(24)27)38-26-9-7-23(19-29(26)47-2)41-13-11-22(12-14-41)42-17-15-40(16-18-42)21-30(44)48-31(45)33(34,35)36/h3-10,19-20,22H,11-18,21H2,1-2H3,(H,38,39). The molecular formula is C33H36F3N7O5. The molecule has 2 saturated heterocycles. The number of hydrogen-bond acceptors (Lipinski definition) is 11. The van der Waals surface area contributed by atoms with Gasteiger partial charge in [-0.05, 0) is 49.2 Å². The number of esters is 2. The van der Waals surface area contributed by atoms with Gasteiger partial charge in [-0.1, -0.05) is 12.1 Å². The van der Waals surface area contributed by atoms with Crippen molar-refractivity contribution in [1.82, 2.24) is 24.4 Å². The number of carbonyl (C=O) groups excluding carboxylic acids is 2. The van der Waals surface area contributed by atoms with Gasteiger partial charge in [0.25, 0.3) is 0 Å². The summed E-state index contributed by atoms with van der Waals surface area (Å²) in [6.07, 6.45) is -1.56. The quantitative estimate of drug-likeness (QED) is 0.203. The smallest absolute Gasteiger partial charge is 0.491 e. The van der Waals surface area contributed by atoms with E-state index >= 15 is 0 Å². The number of nitrogens with one attached hydrogen (secondary N) is 1. The number of piperidine rings is 1. The molecule has 4 aromatic rings. The van der Waals surface area contributed by atoms with Crippen molar-refractivity contribution in [3.05, 3.63) is 60.8 Å². The molecule has 4 heterocycles. The predicted molar refractivity (Wildman–Crippen MR) is 172 cm³/mol. The number of nitrogens with zero attached hydrogens (tertiary/aromatic N) is 6. The zero-order valence-corrected chi connectivity index (χ0v) is 26.6. The maximum absolute atomic E-state index is 12.4. The molecule has 48 heavy (non-hydrogen) atoms. The molecule has 2 aliphatic heterocycles. The van der Waals surface area contributed by atoms with Crippen LogP contribution >= 0.6 is 0 Å². The van der Waals surface area contributed by atoms with Crippen LogP contribution in [0.1, 0.15) is 12.8 Å². The van der Waals surface area contributed by atoms with Crippen LogP contribution in [-0.2, 0) is 14.3 Å². The third-order valence-corrected chi connectivity index (χ3v) is 8.76. The molecule has 15 heteroatoms. The molecule has 0 aliphatic carbocycles. The third-order valence-electron chi connectivity index (χ3n) is 8.76. The molecule has 1 N–H and O–H groups in total. The molecule has 0 atom stereocenters. The fourth-order valence-electron chi connectivity index (χ4n) is 6.27. The summed E-state index contributed by atoms with van der Waals surface area (Å²) in [5.41, 5.74) is 4.40. The van der Waals surface area contributed by atoms with E-state index in [2.05, 4.69) is 24.8 Å². The third kappa shape index (κ3) is 7.31. The minimum atomic E-state index is -5.19. The summed E-state index contributed by atoms with van der Waals surface area (Å²) in [7, 11) is 3.27. The molecule has 6 rings (SSSR count). The monoisotopic (exact) mass is 667 g/mol. The SMILES string of the molecule is COc1cc(N2CCC(N3CCN(CC(=O)OC(=O)C(F)(F)F)CC3)CC2)ccc1Nc1ncc2ccc(-c3ccccc3OC)n2n1. The molecule has 2 fully saturated rings. The van der Waals surface area contributed by atoms with Crippen LogP contribution in [0, 0.1) is 0 Å². The average Bonchev–Trinajstić information content (AvgIpc) is 3.51. The molecule has 0 bridgehead atoms. The summed E-state index contributed by atoms with van der Waals surface area (Å²) in [4.78, 5) is 33.6. The summed E-state index contributed by atoms with van der Waals surface area (Å²) in [5, 5.41) is 8.05. The Morgan fingerprint density at radius 3 is 2.35 bits per heavy atom. The molecule has 0 amide bonds. The highest BCUT2D eigenvalue weighted by Gasteiger charge is 2.42. The molecule has 0 radical (unpaired) electrons. The summed E-state index contributed by atoms with van der Waals surface area (Å²) in [6.45, 7) is 3.69. The fourth-order valence-corrected chi connectivity index (χ4v) is 6.27. The highest BCUT2D eigenvalue weighted by Crippen LogP contribution is 2.34. The number of anilines is 3. The van der Waals surface area contributed by atoms with E-state index in [1.807, 2.05) is 59.1 Å². The number of piperazine rings is 1. The number of ether oxygens (including phenoxy) is 3. The number of carbonyl (C=O) groups is 2. The summed E-state index contributed by atoms with van der Waals surface area (Å²) in [5.74, 6) is -1.86. The van der Waals surface area contributed by atoms with Crippen molar-refractivity contribution in [1.29, 1.82) is 0 Å². The van der Waals surface area contributed by atoms with E-state index in [1.54, 1.807) is 25.3 Å². The van der Waals surface area contributed by atoms with E-state index in [-0.39, 0.29) is 6.54 Å². The minimum absolute atomic E-state index is 0.349. The van der Waals surface area contributed by atoms with Crippen molar-refractivity contribution >= 4 is 34.8 Å². The van der Waals surface area contributed by atoms with Crippen LogP contribution in [0.3, 0.4) is 0 Å². The van der Waals surface area contributed by atoms with Gasteiger partial charge in [-0.15, -0.1) is 5.10 Å². The molecule has 2 aromatic carbocycles. The summed E-state index contributed by atoms with van der Waals surface area (Å²) >= 11 is 0. The van der Waals surface area contributed by atoms with Crippen LogP contribution in [0.15, 0.2) is 60.8 Å². The zero-order chi connectivity index (χ0) is 33.8. The summed E-state index contributed by atoms with van der Waals surface area (Å²) < 4.78 is 54.1. The van der Waals surface area contributed by atoms with Crippen LogP contribution < -0.4 is 19.7 Å². The van der Waals surface area contributed by atoms with Gasteiger partial charge >= 0.3 is 18.1 Å². The van der Waals surface area contributed by atoms with E-state index in [0.717, 1.165) is 59.8 Å². The number of hydrogen-bond donors (Lipinski definition) is 1. The Balaban J connectivity index is 1.04. The highest BCUT2D eigenvalue weighted by atomic mass is 19.4. The Labute approximate surface area is 275 Å². The lowest BCUT2D eigenvalue weighted by Gasteiger charge is -2.43. The van der Waals surface area contributed by atoms with Crippen LogP contribution in [0.5, 0.6) is 11.5 Å². The molecule has 0 unspecified atom stereocenters. The van der Waals surface area contributed by atoms with Gasteiger partial charge in [0.1, 0.15) is 11.5 Å². The normalized spacial score (nSPS) is 16.6. The minimum Gasteiger partial charge on any atom is -0.496 e. The maximum atomic E-state index is 12.4. The number of aromatic nitrogens is 3. The first-order chi connectivity index (χ1) is 23.1. The molecule has 254 valence electrons. The molecule has 2 aromatic heterocycles. The van der Waals surface area contributed by atoms with Gasteiger partial charge in [-0.25, -0.2) is 14.3 Å². The number of halogens is 3. The lowest BCUT2D eigenvalue weighted by molar-refractivity contribution is -0.202. The van der Waals surface area contributed by atoms with Gasteiger partial charge in [0, 0.05) is 62.6 Å². The molecule has 0 saturated carbocycles. The van der Waals surface area contributed by atoms with E-state index in [1.165, 1.54) is 0 Å². The predicted octanol–water partition coefficient (Wildman–Crippen LogP) is 4.38. The Bertz CT molecular complexity index is 1770.